The van der Waals surface area contributed by atoms with Gasteiger partial charge in [0.2, 0.25) is 0 Å². The van der Waals surface area contributed by atoms with Crippen LogP contribution < -0.4 is 10.7 Å². The fraction of sp³-hybridized carbons (Fsp3) is 0.280. The molecule has 2 aromatic carbocycles. The van der Waals surface area contributed by atoms with E-state index >= 15 is 0 Å². The summed E-state index contributed by atoms with van der Waals surface area (Å²) in [6.07, 6.45) is 3.99. The van der Waals surface area contributed by atoms with Crippen LogP contribution in [0.15, 0.2) is 63.9 Å². The molecule has 2 heterocycles. The van der Waals surface area contributed by atoms with Gasteiger partial charge in [0.05, 0.1) is 11.2 Å². The standard InChI is InChI=1S/C25H28N4S2/c1-16-10-13-22-21(14-16)24(30-4)20(18(3)26-22)12-11-17(2)28-29-25-27-23(15-31-25)19-8-6-5-7-9-19/h5-10,13-15,25,27,29H,11-12H2,1-4H3. The Morgan fingerprint density at radius 2 is 2.00 bits per heavy atom. The quantitative estimate of drug-likeness (QED) is 0.260. The van der Waals surface area contributed by atoms with Crippen molar-refractivity contribution in [3.05, 3.63) is 76.3 Å². The van der Waals surface area contributed by atoms with Crippen LogP contribution in [0.5, 0.6) is 0 Å². The van der Waals surface area contributed by atoms with Crippen LogP contribution in [-0.4, -0.2) is 22.4 Å². The Morgan fingerprint density at radius 3 is 2.77 bits per heavy atom. The van der Waals surface area contributed by atoms with Crippen LogP contribution >= 0.6 is 23.5 Å². The van der Waals surface area contributed by atoms with E-state index in [9.17, 15) is 0 Å². The zero-order valence-electron chi connectivity index (χ0n) is 18.4. The molecular weight excluding hydrogens is 420 g/mol. The number of benzene rings is 2. The second-order valence-electron chi connectivity index (χ2n) is 7.76. The van der Waals surface area contributed by atoms with Crippen molar-refractivity contribution >= 4 is 45.8 Å². The summed E-state index contributed by atoms with van der Waals surface area (Å²) in [6, 6.07) is 16.9. The van der Waals surface area contributed by atoms with Crippen LogP contribution in [0, 0.1) is 13.8 Å². The van der Waals surface area contributed by atoms with Crippen LogP contribution in [0.2, 0.25) is 0 Å². The molecule has 0 aliphatic carbocycles. The average molecular weight is 449 g/mol. The largest absolute Gasteiger partial charge is 0.355 e. The lowest BCUT2D eigenvalue weighted by Gasteiger charge is -2.15. The summed E-state index contributed by atoms with van der Waals surface area (Å²) in [6.45, 7) is 6.35. The Morgan fingerprint density at radius 1 is 1.19 bits per heavy atom. The number of pyridine rings is 1. The molecule has 0 saturated heterocycles. The minimum Gasteiger partial charge on any atom is -0.355 e. The minimum absolute atomic E-state index is 0.0546. The molecule has 0 spiro atoms. The Kier molecular flexibility index (Phi) is 6.88. The Balaban J connectivity index is 1.40. The van der Waals surface area contributed by atoms with Crippen molar-refractivity contribution in [1.29, 1.82) is 0 Å². The molecule has 1 atom stereocenters. The molecule has 1 unspecified atom stereocenters. The van der Waals surface area contributed by atoms with Gasteiger partial charge in [0.25, 0.3) is 0 Å². The van der Waals surface area contributed by atoms with Crippen LogP contribution in [0.3, 0.4) is 0 Å². The smallest absolute Gasteiger partial charge is 0.165 e. The summed E-state index contributed by atoms with van der Waals surface area (Å²) in [4.78, 5) is 6.20. The van der Waals surface area contributed by atoms with Crippen molar-refractivity contribution in [2.24, 2.45) is 5.10 Å². The van der Waals surface area contributed by atoms with Crippen LogP contribution in [0.1, 0.15) is 35.7 Å². The molecule has 31 heavy (non-hydrogen) atoms. The lowest BCUT2D eigenvalue weighted by molar-refractivity contribution is 0.651. The highest BCUT2D eigenvalue weighted by Gasteiger charge is 2.17. The van der Waals surface area contributed by atoms with E-state index in [1.165, 1.54) is 27.0 Å². The number of nitrogens with one attached hydrogen (secondary N) is 2. The molecular formula is C25H28N4S2. The molecule has 1 aromatic heterocycles. The van der Waals surface area contributed by atoms with Gasteiger partial charge in [-0.1, -0.05) is 53.7 Å². The Labute approximate surface area is 193 Å². The molecule has 0 fully saturated rings. The molecule has 160 valence electrons. The highest BCUT2D eigenvalue weighted by molar-refractivity contribution is 8.03. The number of hydrazone groups is 1. The molecule has 1 aliphatic heterocycles. The molecule has 1 aliphatic rings. The van der Waals surface area contributed by atoms with Crippen molar-refractivity contribution in [2.75, 3.05) is 6.26 Å². The summed E-state index contributed by atoms with van der Waals surface area (Å²) in [7, 11) is 0. The molecule has 0 radical (unpaired) electrons. The maximum atomic E-state index is 4.86. The van der Waals surface area contributed by atoms with Gasteiger partial charge in [-0.05, 0) is 68.5 Å². The number of thioether (sulfide) groups is 2. The Bertz CT molecular complexity index is 1140. The van der Waals surface area contributed by atoms with Crippen molar-refractivity contribution in [3.8, 4) is 0 Å². The molecule has 4 rings (SSSR count). The second-order valence-corrected chi connectivity index (χ2v) is 9.56. The van der Waals surface area contributed by atoms with Gasteiger partial charge in [0.1, 0.15) is 0 Å². The maximum Gasteiger partial charge on any atom is 0.165 e. The van der Waals surface area contributed by atoms with Gasteiger partial charge < -0.3 is 5.32 Å². The summed E-state index contributed by atoms with van der Waals surface area (Å²) < 4.78 is 0. The Hall–Kier alpha value is -2.44. The first kappa shape index (κ1) is 21.8. The van der Waals surface area contributed by atoms with E-state index in [0.717, 1.165) is 35.5 Å². The first-order chi connectivity index (χ1) is 15.0. The number of hydrogen-bond donors (Lipinski definition) is 2. The van der Waals surface area contributed by atoms with Gasteiger partial charge in [-0.2, -0.15) is 5.10 Å². The minimum atomic E-state index is 0.0546. The SMILES string of the molecule is CSc1c(CCC(C)=NNC2NC(c3ccccc3)=CS2)c(C)nc2ccc(C)cc12. The zero-order valence-corrected chi connectivity index (χ0v) is 20.0. The number of aryl methyl sites for hydroxylation is 2. The topological polar surface area (TPSA) is 49.3 Å². The van der Waals surface area contributed by atoms with Gasteiger partial charge in [-0.3, -0.25) is 10.4 Å². The van der Waals surface area contributed by atoms with Crippen molar-refractivity contribution in [3.63, 3.8) is 0 Å². The lowest BCUT2D eigenvalue weighted by Crippen LogP contribution is -2.32. The van der Waals surface area contributed by atoms with E-state index in [2.05, 4.69) is 90.7 Å². The van der Waals surface area contributed by atoms with Gasteiger partial charge in [-0.25, -0.2) is 0 Å². The number of aromatic nitrogens is 1. The van der Waals surface area contributed by atoms with E-state index in [-0.39, 0.29) is 5.50 Å². The monoisotopic (exact) mass is 448 g/mol. The van der Waals surface area contributed by atoms with Gasteiger partial charge in [-0.15, -0.1) is 11.8 Å². The van der Waals surface area contributed by atoms with E-state index < -0.39 is 0 Å². The number of rotatable bonds is 7. The van der Waals surface area contributed by atoms with Gasteiger partial charge >= 0.3 is 0 Å². The first-order valence-corrected chi connectivity index (χ1v) is 12.6. The van der Waals surface area contributed by atoms with E-state index in [4.69, 9.17) is 4.98 Å². The fourth-order valence-electron chi connectivity index (χ4n) is 3.74. The number of fused-ring (bicyclic) bond motifs is 1. The van der Waals surface area contributed by atoms with Crippen molar-refractivity contribution < 1.29 is 0 Å². The second kappa shape index (κ2) is 9.79. The van der Waals surface area contributed by atoms with Crippen LogP contribution in [0.4, 0.5) is 0 Å². The van der Waals surface area contributed by atoms with Crippen molar-refractivity contribution in [1.82, 2.24) is 15.7 Å². The van der Waals surface area contributed by atoms with Gasteiger partial charge in [0.15, 0.2) is 5.50 Å². The highest BCUT2D eigenvalue weighted by atomic mass is 32.2. The van der Waals surface area contributed by atoms with Crippen LogP contribution in [0.25, 0.3) is 16.6 Å². The summed E-state index contributed by atoms with van der Waals surface area (Å²) in [5.74, 6) is 0. The van der Waals surface area contributed by atoms with E-state index in [1.54, 1.807) is 11.8 Å². The zero-order chi connectivity index (χ0) is 21.8. The number of hydrogen-bond acceptors (Lipinski definition) is 6. The molecule has 6 heteroatoms. The summed E-state index contributed by atoms with van der Waals surface area (Å²) >= 11 is 3.52. The predicted molar refractivity (Wildman–Crippen MR) is 136 cm³/mol. The van der Waals surface area contributed by atoms with Crippen molar-refractivity contribution in [2.45, 2.75) is 44.0 Å². The van der Waals surface area contributed by atoms with Crippen LogP contribution in [-0.2, 0) is 6.42 Å². The third-order valence-corrected chi connectivity index (χ3v) is 7.14. The molecule has 0 amide bonds. The average Bonchev–Trinajstić information content (AvgIpc) is 3.26. The third kappa shape index (κ3) is 5.08. The summed E-state index contributed by atoms with van der Waals surface area (Å²) in [5.41, 5.74) is 11.5. The third-order valence-electron chi connectivity index (χ3n) is 5.40. The molecule has 3 aromatic rings. The number of nitrogens with zero attached hydrogens (tertiary/aromatic N) is 2. The van der Waals surface area contributed by atoms with E-state index in [1.807, 2.05) is 17.8 Å². The van der Waals surface area contributed by atoms with E-state index in [0.29, 0.717) is 0 Å². The predicted octanol–water partition coefficient (Wildman–Crippen LogP) is 6.09. The first-order valence-electron chi connectivity index (χ1n) is 10.5. The normalized spacial score (nSPS) is 16.3. The molecule has 0 bridgehead atoms. The highest BCUT2D eigenvalue weighted by Crippen LogP contribution is 2.32. The molecule has 2 N–H and O–H groups in total. The molecule has 4 nitrogen and oxygen atoms in total. The van der Waals surface area contributed by atoms with Gasteiger partial charge in [0, 0.05) is 21.7 Å². The fourth-order valence-corrected chi connectivity index (χ4v) is 5.40. The summed E-state index contributed by atoms with van der Waals surface area (Å²) in [5, 5.41) is 11.5. The lowest BCUT2D eigenvalue weighted by atomic mass is 10.0. The molecule has 0 saturated carbocycles. The maximum absolute atomic E-state index is 4.86.